The van der Waals surface area contributed by atoms with E-state index in [1.165, 1.54) is 0 Å². The number of aromatic hydroxyl groups is 1. The summed E-state index contributed by atoms with van der Waals surface area (Å²) >= 11 is 0. The number of hydrogen-bond donors (Lipinski definition) is 1. The largest absolute Gasteiger partial charge is 0.508 e. The molecule has 2 fully saturated rings. The van der Waals surface area contributed by atoms with Crippen LogP contribution in [0.15, 0.2) is 42.6 Å². The van der Waals surface area contributed by atoms with E-state index in [1.54, 1.807) is 37.6 Å². The zero-order valence-electron chi connectivity index (χ0n) is 15.4. The molecule has 1 aliphatic heterocycles. The number of carbonyl (C=O) groups excluding carboxylic acids is 1. The van der Waals surface area contributed by atoms with Gasteiger partial charge in [0.05, 0.1) is 19.8 Å². The van der Waals surface area contributed by atoms with Crippen molar-refractivity contribution < 1.29 is 19.4 Å². The van der Waals surface area contributed by atoms with E-state index in [0.717, 1.165) is 25.9 Å². The maximum absolute atomic E-state index is 12.4. The number of ketones is 1. The minimum Gasteiger partial charge on any atom is -0.508 e. The van der Waals surface area contributed by atoms with E-state index in [1.807, 2.05) is 12.1 Å². The molecule has 142 valence electrons. The van der Waals surface area contributed by atoms with Gasteiger partial charge < -0.3 is 14.6 Å². The van der Waals surface area contributed by atoms with Crippen LogP contribution in [0.3, 0.4) is 0 Å². The van der Waals surface area contributed by atoms with Crippen LogP contribution in [0.2, 0.25) is 0 Å². The molecule has 3 atom stereocenters. The van der Waals surface area contributed by atoms with Crippen molar-refractivity contribution in [1.29, 1.82) is 0 Å². The zero-order valence-corrected chi connectivity index (χ0v) is 15.4. The Morgan fingerprint density at radius 2 is 1.89 bits per heavy atom. The minimum absolute atomic E-state index is 0.0999. The second-order valence-corrected chi connectivity index (χ2v) is 7.41. The van der Waals surface area contributed by atoms with Gasteiger partial charge in [-0.15, -0.1) is 0 Å². The van der Waals surface area contributed by atoms with Gasteiger partial charge in [0.25, 0.3) is 5.88 Å². The third kappa shape index (κ3) is 3.90. The molecule has 6 heteroatoms. The summed E-state index contributed by atoms with van der Waals surface area (Å²) in [5, 5.41) is 9.35. The Kier molecular flexibility index (Phi) is 4.99. The number of aromatic nitrogens is 1. The third-order valence-corrected chi connectivity index (χ3v) is 5.56. The first-order valence-electron chi connectivity index (χ1n) is 9.32. The van der Waals surface area contributed by atoms with E-state index in [0.29, 0.717) is 35.6 Å². The summed E-state index contributed by atoms with van der Waals surface area (Å²) in [5.41, 5.74) is 0.648. The van der Waals surface area contributed by atoms with Crippen molar-refractivity contribution in [3.05, 3.63) is 48.2 Å². The van der Waals surface area contributed by atoms with Crippen molar-refractivity contribution in [2.24, 2.45) is 11.8 Å². The third-order valence-electron chi connectivity index (χ3n) is 5.56. The highest BCUT2D eigenvalue weighted by atomic mass is 16.5. The highest BCUT2D eigenvalue weighted by Gasteiger charge is 2.42. The lowest BCUT2D eigenvalue weighted by Gasteiger charge is -2.19. The van der Waals surface area contributed by atoms with Gasteiger partial charge in [0, 0.05) is 24.8 Å². The second kappa shape index (κ2) is 7.56. The Labute approximate surface area is 158 Å². The number of nitrogens with zero attached hydrogens (tertiary/aromatic N) is 2. The van der Waals surface area contributed by atoms with Crippen LogP contribution in [0.5, 0.6) is 17.4 Å². The van der Waals surface area contributed by atoms with Crippen LogP contribution in [0.25, 0.3) is 0 Å². The maximum atomic E-state index is 12.4. The number of rotatable bonds is 6. The van der Waals surface area contributed by atoms with Crippen molar-refractivity contribution in [1.82, 2.24) is 9.88 Å². The summed E-state index contributed by atoms with van der Waals surface area (Å²) in [4.78, 5) is 18.9. The van der Waals surface area contributed by atoms with Crippen LogP contribution in [0, 0.1) is 11.8 Å². The summed E-state index contributed by atoms with van der Waals surface area (Å²) in [6.45, 7) is 2.29. The quantitative estimate of drug-likeness (QED) is 0.791. The zero-order chi connectivity index (χ0) is 18.8. The van der Waals surface area contributed by atoms with Gasteiger partial charge in [-0.25, -0.2) is 4.98 Å². The normalized spacial score (nSPS) is 24.6. The number of fused-ring (bicyclic) bond motifs is 1. The summed E-state index contributed by atoms with van der Waals surface area (Å²) < 4.78 is 11.4. The number of likely N-dealkylation sites (tertiary alicyclic amines) is 1. The fourth-order valence-corrected chi connectivity index (χ4v) is 4.31. The Balaban J connectivity index is 1.30. The highest BCUT2D eigenvalue weighted by molar-refractivity contribution is 5.97. The van der Waals surface area contributed by atoms with Crippen LogP contribution in [0.1, 0.15) is 23.2 Å². The van der Waals surface area contributed by atoms with E-state index < -0.39 is 0 Å². The first kappa shape index (κ1) is 17.8. The Hall–Kier alpha value is -2.60. The topological polar surface area (TPSA) is 71.9 Å². The molecular formula is C21H24N2O4. The van der Waals surface area contributed by atoms with E-state index in [-0.39, 0.29) is 17.6 Å². The molecule has 1 aromatic carbocycles. The number of phenolic OH excluding ortho intramolecular Hbond substituents is 1. The summed E-state index contributed by atoms with van der Waals surface area (Å²) in [6, 6.07) is 10.2. The molecule has 27 heavy (non-hydrogen) atoms. The van der Waals surface area contributed by atoms with Crippen LogP contribution in [-0.2, 0) is 0 Å². The van der Waals surface area contributed by atoms with Crippen molar-refractivity contribution >= 4 is 5.78 Å². The van der Waals surface area contributed by atoms with E-state index in [4.69, 9.17) is 9.47 Å². The Morgan fingerprint density at radius 1 is 1.19 bits per heavy atom. The Morgan fingerprint density at radius 3 is 2.56 bits per heavy atom. The van der Waals surface area contributed by atoms with Crippen LogP contribution >= 0.6 is 0 Å². The van der Waals surface area contributed by atoms with Gasteiger partial charge in [0.1, 0.15) is 5.75 Å². The average molecular weight is 368 g/mol. The molecule has 2 heterocycles. The number of methoxy groups -OCH3 is 1. The van der Waals surface area contributed by atoms with Crippen LogP contribution < -0.4 is 9.47 Å². The molecule has 0 radical (unpaired) electrons. The lowest BCUT2D eigenvalue weighted by Crippen LogP contribution is -2.30. The maximum Gasteiger partial charge on any atom is 0.256 e. The minimum atomic E-state index is 0.0999. The SMILES string of the molecule is COc1ncccc1O[C@@H]1C[C@@H]2CN(CC(=O)c3ccc(O)cc3)C[C@@H]2C1. The van der Waals surface area contributed by atoms with Gasteiger partial charge in [-0.2, -0.15) is 0 Å². The Bertz CT molecular complexity index is 794. The molecule has 1 saturated carbocycles. The molecule has 0 spiro atoms. The average Bonchev–Trinajstić information content (AvgIpc) is 3.20. The number of benzene rings is 1. The molecule has 2 aromatic rings. The number of hydrogen-bond acceptors (Lipinski definition) is 6. The first-order valence-corrected chi connectivity index (χ1v) is 9.32. The fraction of sp³-hybridized carbons (Fsp3) is 0.429. The van der Waals surface area contributed by atoms with Crippen molar-refractivity contribution in [2.75, 3.05) is 26.7 Å². The van der Waals surface area contributed by atoms with E-state index >= 15 is 0 Å². The van der Waals surface area contributed by atoms with E-state index in [9.17, 15) is 9.90 Å². The number of ether oxygens (including phenoxy) is 2. The van der Waals surface area contributed by atoms with Crippen molar-refractivity contribution in [3.8, 4) is 17.4 Å². The van der Waals surface area contributed by atoms with Gasteiger partial charge >= 0.3 is 0 Å². The molecule has 1 aromatic heterocycles. The molecule has 1 saturated heterocycles. The molecule has 4 rings (SSSR count). The molecule has 1 N–H and O–H groups in total. The summed E-state index contributed by atoms with van der Waals surface area (Å²) in [7, 11) is 1.60. The number of phenols is 1. The molecule has 1 aliphatic carbocycles. The number of pyridine rings is 1. The first-order chi connectivity index (χ1) is 13.1. The van der Waals surface area contributed by atoms with Gasteiger partial charge in [-0.1, -0.05) is 0 Å². The van der Waals surface area contributed by atoms with Crippen molar-refractivity contribution in [2.45, 2.75) is 18.9 Å². The molecule has 0 amide bonds. The molecular weight excluding hydrogens is 344 g/mol. The lowest BCUT2D eigenvalue weighted by atomic mass is 10.0. The van der Waals surface area contributed by atoms with Crippen LogP contribution in [0.4, 0.5) is 0 Å². The second-order valence-electron chi connectivity index (χ2n) is 7.41. The van der Waals surface area contributed by atoms with Crippen molar-refractivity contribution in [3.63, 3.8) is 0 Å². The predicted octanol–water partition coefficient (Wildman–Crippen LogP) is 2.77. The standard InChI is InChI=1S/C21H24N2O4/c1-26-21-20(3-2-8-22-21)27-18-9-15-11-23(12-16(15)10-18)13-19(25)14-4-6-17(24)7-5-14/h2-8,15-16,18,24H,9-13H2,1H3/t15-,16+,18-. The number of carbonyl (C=O) groups is 1. The fourth-order valence-electron chi connectivity index (χ4n) is 4.31. The summed E-state index contributed by atoms with van der Waals surface area (Å²) in [5.74, 6) is 2.62. The molecule has 2 aliphatic rings. The molecule has 0 unspecified atom stereocenters. The molecule has 6 nitrogen and oxygen atoms in total. The molecule has 0 bridgehead atoms. The van der Waals surface area contributed by atoms with Crippen LogP contribution in [-0.4, -0.2) is 53.6 Å². The van der Waals surface area contributed by atoms with E-state index in [2.05, 4.69) is 9.88 Å². The van der Waals surface area contributed by atoms with Gasteiger partial charge in [-0.05, 0) is 61.1 Å². The monoisotopic (exact) mass is 368 g/mol. The smallest absolute Gasteiger partial charge is 0.256 e. The van der Waals surface area contributed by atoms with Gasteiger partial charge in [0.2, 0.25) is 0 Å². The number of Topliss-reactive ketones (excluding diaryl/α,β-unsaturated/α-hetero) is 1. The predicted molar refractivity (Wildman–Crippen MR) is 100 cm³/mol. The summed E-state index contributed by atoms with van der Waals surface area (Å²) in [6.07, 6.45) is 3.85. The van der Waals surface area contributed by atoms with Gasteiger partial charge in [0.15, 0.2) is 11.5 Å². The van der Waals surface area contributed by atoms with Gasteiger partial charge in [-0.3, -0.25) is 9.69 Å². The highest BCUT2D eigenvalue weighted by Crippen LogP contribution is 2.40. The lowest BCUT2D eigenvalue weighted by molar-refractivity contribution is 0.0936.